The molecular formula is C27H24FN5O2. The van der Waals surface area contributed by atoms with Gasteiger partial charge in [-0.15, -0.1) is 0 Å². The van der Waals surface area contributed by atoms with E-state index in [1.165, 1.54) is 12.1 Å². The number of nitriles is 1. The number of nitrogens with two attached hydrogens (primary N) is 1. The number of para-hydroxylation sites is 2. The fraction of sp³-hybridized carbons (Fsp3) is 0.148. The molecular weight excluding hydrogens is 445 g/mol. The van der Waals surface area contributed by atoms with Gasteiger partial charge in [-0.25, -0.2) is 9.07 Å². The van der Waals surface area contributed by atoms with Gasteiger partial charge in [0.1, 0.15) is 35.6 Å². The van der Waals surface area contributed by atoms with Gasteiger partial charge in [0.25, 0.3) is 5.91 Å². The average molecular weight is 470 g/mol. The number of rotatable bonds is 9. The summed E-state index contributed by atoms with van der Waals surface area (Å²) in [6.45, 7) is 0.598. The predicted molar refractivity (Wildman–Crippen MR) is 131 cm³/mol. The van der Waals surface area contributed by atoms with E-state index in [0.717, 1.165) is 11.3 Å². The summed E-state index contributed by atoms with van der Waals surface area (Å²) < 4.78 is 20.5. The summed E-state index contributed by atoms with van der Waals surface area (Å²) >= 11 is 0. The molecule has 0 fully saturated rings. The number of nitrogens with zero attached hydrogens (tertiary/aromatic N) is 3. The highest BCUT2D eigenvalue weighted by Crippen LogP contribution is 2.22. The Morgan fingerprint density at radius 3 is 2.51 bits per heavy atom. The summed E-state index contributed by atoms with van der Waals surface area (Å²) in [5.41, 5.74) is 9.06. The van der Waals surface area contributed by atoms with Crippen molar-refractivity contribution >= 4 is 11.7 Å². The second-order valence-corrected chi connectivity index (χ2v) is 7.84. The molecule has 1 amide bonds. The highest BCUT2D eigenvalue weighted by atomic mass is 19.1. The minimum atomic E-state index is -0.315. The van der Waals surface area contributed by atoms with Gasteiger partial charge in [-0.05, 0) is 54.8 Å². The number of anilines is 1. The standard InChI is InChI=1S/C27H24FN5O2/c28-20-14-12-19(13-15-20)18-35-25-11-5-4-9-22(25)27(34)31-16-6-10-24-23(17-29)26(30)33(32-24)21-7-2-1-3-8-21/h1-5,7-9,11-15H,6,10,16,18,30H2,(H,31,34). The summed E-state index contributed by atoms with van der Waals surface area (Å²) in [5, 5.41) is 16.9. The Morgan fingerprint density at radius 2 is 1.77 bits per heavy atom. The summed E-state index contributed by atoms with van der Waals surface area (Å²) in [6.07, 6.45) is 1.06. The van der Waals surface area contributed by atoms with Crippen molar-refractivity contribution < 1.29 is 13.9 Å². The van der Waals surface area contributed by atoms with E-state index in [2.05, 4.69) is 16.5 Å². The second-order valence-electron chi connectivity index (χ2n) is 7.84. The van der Waals surface area contributed by atoms with E-state index >= 15 is 0 Å². The van der Waals surface area contributed by atoms with Crippen molar-refractivity contribution in [1.29, 1.82) is 5.26 Å². The molecule has 3 aromatic carbocycles. The van der Waals surface area contributed by atoms with Crippen molar-refractivity contribution in [3.63, 3.8) is 0 Å². The first kappa shape index (κ1) is 23.5. The first-order valence-corrected chi connectivity index (χ1v) is 11.1. The number of amides is 1. The molecule has 0 aliphatic carbocycles. The number of carbonyl (C=O) groups excluding carboxylic acids is 1. The van der Waals surface area contributed by atoms with Crippen LogP contribution < -0.4 is 15.8 Å². The largest absolute Gasteiger partial charge is 0.488 e. The number of benzene rings is 3. The van der Waals surface area contributed by atoms with E-state index in [4.69, 9.17) is 10.5 Å². The molecule has 0 atom stereocenters. The van der Waals surface area contributed by atoms with Gasteiger partial charge in [0.15, 0.2) is 0 Å². The summed E-state index contributed by atoms with van der Waals surface area (Å²) in [7, 11) is 0. The molecule has 1 aromatic heterocycles. The van der Waals surface area contributed by atoms with Gasteiger partial charge >= 0.3 is 0 Å². The molecule has 7 nitrogen and oxygen atoms in total. The van der Waals surface area contributed by atoms with Gasteiger partial charge in [-0.2, -0.15) is 10.4 Å². The molecule has 3 N–H and O–H groups in total. The van der Waals surface area contributed by atoms with Gasteiger partial charge < -0.3 is 15.8 Å². The quantitative estimate of drug-likeness (QED) is 0.353. The van der Waals surface area contributed by atoms with Crippen molar-refractivity contribution in [2.45, 2.75) is 19.4 Å². The normalized spacial score (nSPS) is 10.5. The van der Waals surface area contributed by atoms with Crippen molar-refractivity contribution in [2.24, 2.45) is 0 Å². The average Bonchev–Trinajstić information content (AvgIpc) is 3.21. The zero-order valence-electron chi connectivity index (χ0n) is 18.9. The van der Waals surface area contributed by atoms with Crippen LogP contribution in [0.1, 0.15) is 33.6 Å². The van der Waals surface area contributed by atoms with Crippen molar-refractivity contribution in [3.05, 3.63) is 107 Å². The van der Waals surface area contributed by atoms with Crippen LogP contribution in [0.15, 0.2) is 78.9 Å². The predicted octanol–water partition coefficient (Wildman–Crippen LogP) is 4.41. The number of halogens is 1. The number of aromatic nitrogens is 2. The lowest BCUT2D eigenvalue weighted by Gasteiger charge is -2.12. The van der Waals surface area contributed by atoms with Crippen molar-refractivity contribution in [1.82, 2.24) is 15.1 Å². The molecule has 8 heteroatoms. The van der Waals surface area contributed by atoms with Crippen molar-refractivity contribution in [3.8, 4) is 17.5 Å². The molecule has 0 saturated heterocycles. The van der Waals surface area contributed by atoms with E-state index in [0.29, 0.717) is 47.8 Å². The van der Waals surface area contributed by atoms with E-state index in [9.17, 15) is 14.4 Å². The van der Waals surface area contributed by atoms with Gasteiger partial charge in [-0.1, -0.05) is 42.5 Å². The number of carbonyl (C=O) groups is 1. The number of nitrogen functional groups attached to an aromatic ring is 1. The number of ether oxygens (including phenoxy) is 1. The van der Waals surface area contributed by atoms with Crippen LogP contribution in [0.4, 0.5) is 10.2 Å². The molecule has 0 radical (unpaired) electrons. The Kier molecular flexibility index (Phi) is 7.38. The summed E-state index contributed by atoms with van der Waals surface area (Å²) in [5.74, 6) is 0.153. The second kappa shape index (κ2) is 11.0. The maximum Gasteiger partial charge on any atom is 0.255 e. The van der Waals surface area contributed by atoms with Crippen molar-refractivity contribution in [2.75, 3.05) is 12.3 Å². The molecule has 0 bridgehead atoms. The zero-order chi connectivity index (χ0) is 24.6. The Balaban J connectivity index is 1.35. The SMILES string of the molecule is N#Cc1c(CCCNC(=O)c2ccccc2OCc2ccc(F)cc2)nn(-c2ccccc2)c1N. The topological polar surface area (TPSA) is 106 Å². The summed E-state index contributed by atoms with van der Waals surface area (Å²) in [4.78, 5) is 12.8. The van der Waals surface area contributed by atoms with Gasteiger partial charge in [0, 0.05) is 6.54 Å². The molecule has 0 aliphatic heterocycles. The van der Waals surface area contributed by atoms with E-state index in [-0.39, 0.29) is 18.3 Å². The van der Waals surface area contributed by atoms with Gasteiger partial charge in [0.2, 0.25) is 0 Å². The molecule has 4 rings (SSSR count). The van der Waals surface area contributed by atoms with Crippen LogP contribution in [0.2, 0.25) is 0 Å². The van der Waals surface area contributed by atoms with E-state index in [1.54, 1.807) is 41.1 Å². The number of nitrogens with one attached hydrogen (secondary N) is 1. The molecule has 35 heavy (non-hydrogen) atoms. The number of hydrogen-bond donors (Lipinski definition) is 2. The third-order valence-electron chi connectivity index (χ3n) is 5.42. The van der Waals surface area contributed by atoms with E-state index < -0.39 is 0 Å². The third-order valence-corrected chi connectivity index (χ3v) is 5.42. The zero-order valence-corrected chi connectivity index (χ0v) is 18.9. The van der Waals surface area contributed by atoms with Gasteiger partial charge in [0.05, 0.1) is 16.9 Å². The number of hydrogen-bond acceptors (Lipinski definition) is 5. The molecule has 0 spiro atoms. The lowest BCUT2D eigenvalue weighted by atomic mass is 10.1. The highest BCUT2D eigenvalue weighted by Gasteiger charge is 2.17. The van der Waals surface area contributed by atoms with Crippen LogP contribution >= 0.6 is 0 Å². The lowest BCUT2D eigenvalue weighted by Crippen LogP contribution is -2.25. The van der Waals surface area contributed by atoms with Crippen LogP contribution in [0.3, 0.4) is 0 Å². The molecule has 0 unspecified atom stereocenters. The molecule has 1 heterocycles. The van der Waals surface area contributed by atoms with Crippen LogP contribution in [-0.4, -0.2) is 22.2 Å². The fourth-order valence-corrected chi connectivity index (χ4v) is 3.62. The molecule has 0 aliphatic rings. The molecule has 176 valence electrons. The van der Waals surface area contributed by atoms with Crippen LogP contribution in [0, 0.1) is 17.1 Å². The maximum absolute atomic E-state index is 13.1. The molecule has 4 aromatic rings. The Morgan fingerprint density at radius 1 is 1.06 bits per heavy atom. The van der Waals surface area contributed by atoms with Crippen LogP contribution in [0.25, 0.3) is 5.69 Å². The van der Waals surface area contributed by atoms with Crippen LogP contribution in [0.5, 0.6) is 5.75 Å². The minimum absolute atomic E-state index is 0.215. The first-order valence-electron chi connectivity index (χ1n) is 11.1. The van der Waals surface area contributed by atoms with Crippen LogP contribution in [-0.2, 0) is 13.0 Å². The minimum Gasteiger partial charge on any atom is -0.488 e. The Labute approximate surface area is 202 Å². The maximum atomic E-state index is 13.1. The Bertz CT molecular complexity index is 1340. The highest BCUT2D eigenvalue weighted by molar-refractivity contribution is 5.96. The fourth-order valence-electron chi connectivity index (χ4n) is 3.62. The summed E-state index contributed by atoms with van der Waals surface area (Å²) in [6, 6.07) is 24.5. The van der Waals surface area contributed by atoms with Gasteiger partial charge in [-0.3, -0.25) is 4.79 Å². The molecule has 0 saturated carbocycles. The Hall–Kier alpha value is -4.64. The van der Waals surface area contributed by atoms with E-state index in [1.807, 2.05) is 30.3 Å². The lowest BCUT2D eigenvalue weighted by molar-refractivity contribution is 0.0948. The first-order chi connectivity index (χ1) is 17.1. The number of aryl methyl sites for hydroxylation is 1. The third kappa shape index (κ3) is 5.65. The monoisotopic (exact) mass is 469 g/mol. The smallest absolute Gasteiger partial charge is 0.255 e.